The Balaban J connectivity index is 1.63. The number of hydrogen-bond acceptors (Lipinski definition) is 3. The molecule has 3 aromatic rings. The summed E-state index contributed by atoms with van der Waals surface area (Å²) in [5.74, 6) is 0. The van der Waals surface area contributed by atoms with Crippen molar-refractivity contribution < 1.29 is 4.74 Å². The van der Waals surface area contributed by atoms with Crippen LogP contribution in [-0.2, 0) is 16.7 Å². The standard InChI is InChI=1S/C24H29NOS/c1-4-24(25(2)3,18-10-6-5-7-11-18)16-14-21-23-20(15-17-26-21)19-12-8-9-13-22(19)27-23/h5-13,21H,4,14-17H2,1-3H3. The van der Waals surface area contributed by atoms with Crippen LogP contribution in [0.1, 0.15) is 48.3 Å². The van der Waals surface area contributed by atoms with Crippen molar-refractivity contribution >= 4 is 21.4 Å². The summed E-state index contributed by atoms with van der Waals surface area (Å²) in [5, 5.41) is 1.43. The number of rotatable bonds is 6. The number of fused-ring (bicyclic) bond motifs is 3. The van der Waals surface area contributed by atoms with Gasteiger partial charge >= 0.3 is 0 Å². The monoisotopic (exact) mass is 379 g/mol. The van der Waals surface area contributed by atoms with Crippen LogP contribution in [0.3, 0.4) is 0 Å². The maximum absolute atomic E-state index is 6.28. The minimum atomic E-state index is 0.0545. The second-order valence-corrected chi connectivity index (χ2v) is 8.82. The summed E-state index contributed by atoms with van der Waals surface area (Å²) in [4.78, 5) is 3.86. The van der Waals surface area contributed by atoms with Crippen molar-refractivity contribution in [3.05, 3.63) is 70.6 Å². The molecule has 27 heavy (non-hydrogen) atoms. The minimum absolute atomic E-state index is 0.0545. The molecule has 2 aromatic carbocycles. The van der Waals surface area contributed by atoms with E-state index in [0.29, 0.717) is 0 Å². The van der Waals surface area contributed by atoms with Gasteiger partial charge in [-0.3, -0.25) is 4.90 Å². The Bertz CT molecular complexity index is 901. The molecule has 0 saturated heterocycles. The number of ether oxygens (including phenoxy) is 1. The maximum atomic E-state index is 6.28. The largest absolute Gasteiger partial charge is 0.372 e. The zero-order valence-electron chi connectivity index (χ0n) is 16.6. The van der Waals surface area contributed by atoms with Crippen LogP contribution in [0, 0.1) is 0 Å². The molecule has 2 atom stereocenters. The molecule has 0 aliphatic carbocycles. The Labute approximate surface area is 166 Å². The van der Waals surface area contributed by atoms with Crippen LogP contribution < -0.4 is 0 Å². The number of hydrogen-bond donors (Lipinski definition) is 0. The van der Waals surface area contributed by atoms with Crippen LogP contribution in [-0.4, -0.2) is 25.6 Å². The lowest BCUT2D eigenvalue weighted by Gasteiger charge is -2.41. The lowest BCUT2D eigenvalue weighted by atomic mass is 9.80. The first-order valence-corrected chi connectivity index (χ1v) is 10.8. The summed E-state index contributed by atoms with van der Waals surface area (Å²) in [5.41, 5.74) is 2.99. The molecular weight excluding hydrogens is 350 g/mol. The van der Waals surface area contributed by atoms with Gasteiger partial charge in [0.2, 0.25) is 0 Å². The SMILES string of the molecule is CCC(CCC1OCCc2c1sc1ccccc21)(c1ccccc1)N(C)C. The molecule has 1 aliphatic heterocycles. The molecule has 142 valence electrons. The zero-order chi connectivity index (χ0) is 18.9. The first kappa shape index (κ1) is 18.7. The van der Waals surface area contributed by atoms with Crippen LogP contribution in [0.15, 0.2) is 54.6 Å². The highest BCUT2D eigenvalue weighted by molar-refractivity contribution is 7.19. The molecule has 2 nitrogen and oxygen atoms in total. The molecule has 0 spiro atoms. The molecule has 2 heterocycles. The highest BCUT2D eigenvalue weighted by atomic mass is 32.1. The van der Waals surface area contributed by atoms with E-state index in [1.165, 1.54) is 26.1 Å². The Kier molecular flexibility index (Phi) is 5.36. The van der Waals surface area contributed by atoms with Crippen LogP contribution in [0.5, 0.6) is 0 Å². The van der Waals surface area contributed by atoms with E-state index in [-0.39, 0.29) is 11.6 Å². The van der Waals surface area contributed by atoms with Gasteiger partial charge in [0.15, 0.2) is 0 Å². The Hall–Kier alpha value is -1.68. The molecule has 0 bridgehead atoms. The molecular formula is C24H29NOS. The predicted molar refractivity (Wildman–Crippen MR) is 116 cm³/mol. The lowest BCUT2D eigenvalue weighted by molar-refractivity contribution is 0.0215. The molecule has 0 fully saturated rings. The predicted octanol–water partition coefficient (Wildman–Crippen LogP) is 6.16. The summed E-state index contributed by atoms with van der Waals surface area (Å²) >= 11 is 1.93. The van der Waals surface area contributed by atoms with Crippen LogP contribution in [0.25, 0.3) is 10.1 Å². The van der Waals surface area contributed by atoms with Gasteiger partial charge in [-0.1, -0.05) is 55.5 Å². The van der Waals surface area contributed by atoms with E-state index in [9.17, 15) is 0 Å². The average molecular weight is 380 g/mol. The summed E-state index contributed by atoms with van der Waals surface area (Å²) in [6.07, 6.45) is 4.51. The van der Waals surface area contributed by atoms with E-state index in [4.69, 9.17) is 4.74 Å². The molecule has 1 aliphatic rings. The fraction of sp³-hybridized carbons (Fsp3) is 0.417. The van der Waals surface area contributed by atoms with Gasteiger partial charge < -0.3 is 4.74 Å². The minimum Gasteiger partial charge on any atom is -0.372 e. The first-order valence-electron chi connectivity index (χ1n) is 10.0. The molecule has 1 aromatic heterocycles. The van der Waals surface area contributed by atoms with Crippen molar-refractivity contribution in [2.75, 3.05) is 20.7 Å². The van der Waals surface area contributed by atoms with Gasteiger partial charge in [-0.25, -0.2) is 0 Å². The van der Waals surface area contributed by atoms with Crippen molar-refractivity contribution in [3.63, 3.8) is 0 Å². The Morgan fingerprint density at radius 2 is 1.81 bits per heavy atom. The lowest BCUT2D eigenvalue weighted by Crippen LogP contribution is -2.41. The molecule has 0 radical (unpaired) electrons. The third kappa shape index (κ3) is 3.33. The second kappa shape index (κ2) is 7.75. The fourth-order valence-electron chi connectivity index (χ4n) is 4.67. The first-order chi connectivity index (χ1) is 13.2. The van der Waals surface area contributed by atoms with Crippen molar-refractivity contribution in [2.24, 2.45) is 0 Å². The van der Waals surface area contributed by atoms with E-state index in [2.05, 4.69) is 80.5 Å². The summed E-state index contributed by atoms with van der Waals surface area (Å²) in [6.45, 7) is 3.14. The molecule has 0 saturated carbocycles. The Morgan fingerprint density at radius 1 is 1.07 bits per heavy atom. The van der Waals surface area contributed by atoms with Crippen molar-refractivity contribution in [3.8, 4) is 0 Å². The zero-order valence-corrected chi connectivity index (χ0v) is 17.4. The molecule has 0 amide bonds. The fourth-order valence-corrected chi connectivity index (χ4v) is 6.01. The van der Waals surface area contributed by atoms with Gasteiger partial charge in [-0.05, 0) is 62.4 Å². The van der Waals surface area contributed by atoms with Gasteiger partial charge in [-0.15, -0.1) is 11.3 Å². The van der Waals surface area contributed by atoms with Gasteiger partial charge in [0.05, 0.1) is 12.7 Å². The second-order valence-electron chi connectivity index (χ2n) is 7.73. The maximum Gasteiger partial charge on any atom is 0.0920 e. The van der Waals surface area contributed by atoms with Crippen LogP contribution in [0.2, 0.25) is 0 Å². The smallest absolute Gasteiger partial charge is 0.0920 e. The molecule has 3 heteroatoms. The van der Waals surface area contributed by atoms with E-state index >= 15 is 0 Å². The third-order valence-corrected chi connectivity index (χ3v) is 7.57. The Morgan fingerprint density at radius 3 is 2.56 bits per heavy atom. The highest BCUT2D eigenvalue weighted by Gasteiger charge is 2.35. The molecule has 4 rings (SSSR count). The number of nitrogens with zero attached hydrogens (tertiary/aromatic N) is 1. The van der Waals surface area contributed by atoms with Crippen molar-refractivity contribution in [1.82, 2.24) is 4.90 Å². The number of benzene rings is 2. The van der Waals surface area contributed by atoms with Crippen molar-refractivity contribution in [1.29, 1.82) is 0 Å². The summed E-state index contributed by atoms with van der Waals surface area (Å²) in [7, 11) is 4.42. The van der Waals surface area contributed by atoms with Crippen molar-refractivity contribution in [2.45, 2.75) is 44.2 Å². The molecule has 2 unspecified atom stereocenters. The van der Waals surface area contributed by atoms with Gasteiger partial charge in [-0.2, -0.15) is 0 Å². The van der Waals surface area contributed by atoms with E-state index in [1.807, 2.05) is 11.3 Å². The highest BCUT2D eigenvalue weighted by Crippen LogP contribution is 2.44. The van der Waals surface area contributed by atoms with Crippen LogP contribution in [0.4, 0.5) is 0 Å². The normalized spacial score (nSPS) is 19.2. The van der Waals surface area contributed by atoms with E-state index < -0.39 is 0 Å². The third-order valence-electron chi connectivity index (χ3n) is 6.27. The van der Waals surface area contributed by atoms with E-state index in [0.717, 1.165) is 32.3 Å². The average Bonchev–Trinajstić information content (AvgIpc) is 3.09. The quantitative estimate of drug-likeness (QED) is 0.508. The summed E-state index contributed by atoms with van der Waals surface area (Å²) in [6, 6.07) is 19.8. The molecule has 0 N–H and O–H groups in total. The van der Waals surface area contributed by atoms with Gasteiger partial charge in [0.1, 0.15) is 0 Å². The summed E-state index contributed by atoms with van der Waals surface area (Å²) < 4.78 is 7.68. The van der Waals surface area contributed by atoms with Gasteiger partial charge in [0.25, 0.3) is 0 Å². The van der Waals surface area contributed by atoms with Gasteiger partial charge in [0, 0.05) is 15.1 Å². The number of thiophene rings is 1. The van der Waals surface area contributed by atoms with Crippen LogP contribution >= 0.6 is 11.3 Å². The van der Waals surface area contributed by atoms with E-state index in [1.54, 1.807) is 0 Å². The topological polar surface area (TPSA) is 12.5 Å².